The van der Waals surface area contributed by atoms with Crippen LogP contribution in [0.3, 0.4) is 0 Å². The molecule has 106 valence electrons. The van der Waals surface area contributed by atoms with E-state index in [1.807, 2.05) is 0 Å². The van der Waals surface area contributed by atoms with E-state index in [9.17, 15) is 13.2 Å². The van der Waals surface area contributed by atoms with Gasteiger partial charge in [-0.3, -0.25) is 0 Å². The van der Waals surface area contributed by atoms with Gasteiger partial charge in [0.15, 0.2) is 17.5 Å². The van der Waals surface area contributed by atoms with Crippen LogP contribution in [0.15, 0.2) is 30.3 Å². The van der Waals surface area contributed by atoms with Gasteiger partial charge in [-0.1, -0.05) is 11.6 Å². The van der Waals surface area contributed by atoms with Crippen LogP contribution < -0.4 is 10.1 Å². The SMILES string of the molecule is COc1ccc(Cl)cc1CNc1ccc(F)c(F)c1F. The van der Waals surface area contributed by atoms with Crippen molar-refractivity contribution in [3.8, 4) is 5.75 Å². The Hall–Kier alpha value is -1.88. The van der Waals surface area contributed by atoms with Gasteiger partial charge in [-0.05, 0) is 30.3 Å². The van der Waals surface area contributed by atoms with E-state index in [1.165, 1.54) is 7.11 Å². The minimum atomic E-state index is -1.51. The molecule has 6 heteroatoms. The molecule has 2 aromatic carbocycles. The van der Waals surface area contributed by atoms with Crippen LogP contribution in [-0.2, 0) is 6.54 Å². The topological polar surface area (TPSA) is 21.3 Å². The molecule has 0 aliphatic carbocycles. The highest BCUT2D eigenvalue weighted by molar-refractivity contribution is 6.30. The second-order valence-electron chi connectivity index (χ2n) is 4.03. The molecule has 0 aliphatic heterocycles. The van der Waals surface area contributed by atoms with E-state index in [2.05, 4.69) is 5.32 Å². The summed E-state index contributed by atoms with van der Waals surface area (Å²) in [4.78, 5) is 0. The largest absolute Gasteiger partial charge is 0.496 e. The zero-order valence-electron chi connectivity index (χ0n) is 10.5. The van der Waals surface area contributed by atoms with Crippen LogP contribution in [0.2, 0.25) is 5.02 Å². The van der Waals surface area contributed by atoms with Crippen LogP contribution in [0.25, 0.3) is 0 Å². The number of methoxy groups -OCH3 is 1. The predicted octanol–water partition coefficient (Wildman–Crippen LogP) is 4.38. The Labute approximate surface area is 119 Å². The van der Waals surface area contributed by atoms with Crippen molar-refractivity contribution in [2.24, 2.45) is 0 Å². The molecule has 0 saturated heterocycles. The Morgan fingerprint density at radius 3 is 2.55 bits per heavy atom. The van der Waals surface area contributed by atoms with Crippen molar-refractivity contribution in [1.29, 1.82) is 0 Å². The third-order valence-electron chi connectivity index (χ3n) is 2.75. The van der Waals surface area contributed by atoms with Crippen molar-refractivity contribution in [3.63, 3.8) is 0 Å². The van der Waals surface area contributed by atoms with E-state index >= 15 is 0 Å². The molecule has 0 heterocycles. The summed E-state index contributed by atoms with van der Waals surface area (Å²) in [5.74, 6) is -3.43. The Balaban J connectivity index is 2.21. The average Bonchev–Trinajstić information content (AvgIpc) is 2.44. The number of ether oxygens (including phenoxy) is 1. The van der Waals surface area contributed by atoms with E-state index in [-0.39, 0.29) is 12.2 Å². The Bertz CT molecular complexity index is 634. The number of halogens is 4. The van der Waals surface area contributed by atoms with Crippen LogP contribution in [0.1, 0.15) is 5.56 Å². The summed E-state index contributed by atoms with van der Waals surface area (Å²) in [6, 6.07) is 6.95. The summed E-state index contributed by atoms with van der Waals surface area (Å²) in [6.07, 6.45) is 0. The lowest BCUT2D eigenvalue weighted by Gasteiger charge is -2.12. The molecule has 0 fully saturated rings. The lowest BCUT2D eigenvalue weighted by molar-refractivity contribution is 0.410. The second kappa shape index (κ2) is 6.05. The van der Waals surface area contributed by atoms with E-state index < -0.39 is 17.5 Å². The maximum Gasteiger partial charge on any atom is 0.196 e. The van der Waals surface area contributed by atoms with Crippen molar-refractivity contribution in [1.82, 2.24) is 0 Å². The van der Waals surface area contributed by atoms with Crippen molar-refractivity contribution < 1.29 is 17.9 Å². The van der Waals surface area contributed by atoms with Gasteiger partial charge in [0.2, 0.25) is 0 Å². The third kappa shape index (κ3) is 2.99. The molecule has 0 unspecified atom stereocenters. The molecule has 2 nitrogen and oxygen atoms in total. The molecule has 1 N–H and O–H groups in total. The Morgan fingerprint density at radius 1 is 1.10 bits per heavy atom. The van der Waals surface area contributed by atoms with Crippen LogP contribution in [-0.4, -0.2) is 7.11 Å². The number of anilines is 1. The molecular weight excluding hydrogens is 291 g/mol. The van der Waals surface area contributed by atoms with Gasteiger partial charge in [0, 0.05) is 17.1 Å². The standard InChI is InChI=1S/C14H11ClF3NO/c1-20-12-5-2-9(15)6-8(12)7-19-11-4-3-10(16)13(17)14(11)18/h2-6,19H,7H2,1H3. The number of hydrogen-bond donors (Lipinski definition) is 1. The molecule has 0 aromatic heterocycles. The fourth-order valence-electron chi connectivity index (χ4n) is 1.74. The lowest BCUT2D eigenvalue weighted by Crippen LogP contribution is -2.05. The summed E-state index contributed by atoms with van der Waals surface area (Å²) in [5, 5.41) is 3.17. The summed E-state index contributed by atoms with van der Waals surface area (Å²) in [6.45, 7) is 0.158. The van der Waals surface area contributed by atoms with Crippen LogP contribution in [0, 0.1) is 17.5 Å². The Kier molecular flexibility index (Phi) is 4.39. The minimum Gasteiger partial charge on any atom is -0.496 e. The molecule has 0 spiro atoms. The first kappa shape index (κ1) is 14.5. The third-order valence-corrected chi connectivity index (χ3v) is 2.98. The fraction of sp³-hybridized carbons (Fsp3) is 0.143. The fourth-order valence-corrected chi connectivity index (χ4v) is 1.93. The zero-order valence-corrected chi connectivity index (χ0v) is 11.3. The minimum absolute atomic E-state index is 0.133. The number of rotatable bonds is 4. The van der Waals surface area contributed by atoms with Gasteiger partial charge in [0.05, 0.1) is 12.8 Å². The first-order valence-corrected chi connectivity index (χ1v) is 6.10. The van der Waals surface area contributed by atoms with Crippen molar-refractivity contribution in [2.75, 3.05) is 12.4 Å². The van der Waals surface area contributed by atoms with Crippen molar-refractivity contribution in [2.45, 2.75) is 6.54 Å². The normalized spacial score (nSPS) is 10.4. The molecule has 0 amide bonds. The van der Waals surface area contributed by atoms with E-state index in [0.29, 0.717) is 16.3 Å². The van der Waals surface area contributed by atoms with Crippen LogP contribution in [0.5, 0.6) is 5.75 Å². The summed E-state index contributed by atoms with van der Waals surface area (Å²) in [5.41, 5.74) is 0.537. The highest BCUT2D eigenvalue weighted by atomic mass is 35.5. The van der Waals surface area contributed by atoms with Gasteiger partial charge in [0.1, 0.15) is 5.75 Å². The van der Waals surface area contributed by atoms with E-state index in [0.717, 1.165) is 12.1 Å². The Morgan fingerprint density at radius 2 is 1.85 bits per heavy atom. The molecule has 2 aromatic rings. The van der Waals surface area contributed by atoms with Crippen molar-refractivity contribution in [3.05, 3.63) is 58.4 Å². The number of nitrogens with one attached hydrogen (secondary N) is 1. The highest BCUT2D eigenvalue weighted by Crippen LogP contribution is 2.25. The van der Waals surface area contributed by atoms with Gasteiger partial charge in [0.25, 0.3) is 0 Å². The first-order valence-electron chi connectivity index (χ1n) is 5.72. The molecule has 0 saturated carbocycles. The van der Waals surface area contributed by atoms with Gasteiger partial charge in [-0.15, -0.1) is 0 Å². The summed E-state index contributed by atoms with van der Waals surface area (Å²) in [7, 11) is 1.49. The van der Waals surface area contributed by atoms with Crippen LogP contribution in [0.4, 0.5) is 18.9 Å². The van der Waals surface area contributed by atoms with E-state index in [1.54, 1.807) is 18.2 Å². The first-order chi connectivity index (χ1) is 9.52. The molecule has 2 rings (SSSR count). The maximum atomic E-state index is 13.5. The lowest BCUT2D eigenvalue weighted by atomic mass is 10.2. The average molecular weight is 302 g/mol. The summed E-state index contributed by atoms with van der Waals surface area (Å²) < 4.78 is 44.5. The molecule has 0 atom stereocenters. The number of hydrogen-bond acceptors (Lipinski definition) is 2. The van der Waals surface area contributed by atoms with Crippen LogP contribution >= 0.6 is 11.6 Å². The highest BCUT2D eigenvalue weighted by Gasteiger charge is 2.13. The monoisotopic (exact) mass is 301 g/mol. The van der Waals surface area contributed by atoms with Gasteiger partial charge >= 0.3 is 0 Å². The zero-order chi connectivity index (χ0) is 14.7. The molecule has 0 aliphatic rings. The molecular formula is C14H11ClF3NO. The molecule has 20 heavy (non-hydrogen) atoms. The number of benzene rings is 2. The van der Waals surface area contributed by atoms with Gasteiger partial charge < -0.3 is 10.1 Å². The van der Waals surface area contributed by atoms with Gasteiger partial charge in [-0.25, -0.2) is 13.2 Å². The quantitative estimate of drug-likeness (QED) is 0.846. The van der Waals surface area contributed by atoms with Gasteiger partial charge in [-0.2, -0.15) is 0 Å². The second-order valence-corrected chi connectivity index (χ2v) is 4.47. The van der Waals surface area contributed by atoms with Crippen molar-refractivity contribution >= 4 is 17.3 Å². The smallest absolute Gasteiger partial charge is 0.196 e. The maximum absolute atomic E-state index is 13.5. The predicted molar refractivity (Wildman–Crippen MR) is 71.6 cm³/mol. The molecule has 0 bridgehead atoms. The summed E-state index contributed by atoms with van der Waals surface area (Å²) >= 11 is 5.87. The van der Waals surface area contributed by atoms with E-state index in [4.69, 9.17) is 16.3 Å². The molecule has 0 radical (unpaired) electrons.